The minimum atomic E-state index is -0.374. The smallest absolute Gasteiger partial charge is 0.319 e. The summed E-state index contributed by atoms with van der Waals surface area (Å²) in [5.41, 5.74) is 2.63. The zero-order valence-electron chi connectivity index (χ0n) is 11.8. The summed E-state index contributed by atoms with van der Waals surface area (Å²) in [6.45, 7) is 2.17. The molecule has 0 aliphatic heterocycles. The summed E-state index contributed by atoms with van der Waals surface area (Å²) in [6, 6.07) is 13.9. The lowest BCUT2D eigenvalue weighted by Gasteiger charge is -2.05. The maximum Gasteiger partial charge on any atom is 0.319 e. The van der Waals surface area contributed by atoms with Gasteiger partial charge in [0.15, 0.2) is 0 Å². The summed E-state index contributed by atoms with van der Waals surface area (Å²) in [4.78, 5) is 11.6. The SMILES string of the molecule is Cc1ccc(/C=C/NC(=O)NCc2ccccc2F)cc1. The number of hydrogen-bond acceptors (Lipinski definition) is 1. The van der Waals surface area contributed by atoms with Crippen molar-refractivity contribution >= 4 is 12.1 Å². The van der Waals surface area contributed by atoms with E-state index in [1.807, 2.05) is 31.2 Å². The van der Waals surface area contributed by atoms with Gasteiger partial charge in [0.05, 0.1) is 0 Å². The standard InChI is InChI=1S/C17H17FN2O/c1-13-6-8-14(9-7-13)10-11-19-17(21)20-12-15-4-2-3-5-16(15)18/h2-11H,12H2,1H3,(H2,19,20,21)/b11-10+. The van der Waals surface area contributed by atoms with Gasteiger partial charge in [0, 0.05) is 18.3 Å². The van der Waals surface area contributed by atoms with Gasteiger partial charge in [0.1, 0.15) is 5.82 Å². The molecule has 2 aromatic carbocycles. The summed E-state index contributed by atoms with van der Waals surface area (Å²) in [6.07, 6.45) is 3.35. The number of benzene rings is 2. The van der Waals surface area contributed by atoms with Crippen molar-refractivity contribution in [1.82, 2.24) is 10.6 Å². The van der Waals surface area contributed by atoms with Crippen molar-refractivity contribution < 1.29 is 9.18 Å². The third kappa shape index (κ3) is 4.76. The number of aryl methyl sites for hydroxylation is 1. The molecule has 0 bridgehead atoms. The van der Waals surface area contributed by atoms with E-state index in [0.717, 1.165) is 5.56 Å². The van der Waals surface area contributed by atoms with E-state index in [-0.39, 0.29) is 18.4 Å². The Hall–Kier alpha value is -2.62. The van der Waals surface area contributed by atoms with Crippen LogP contribution in [-0.4, -0.2) is 6.03 Å². The lowest BCUT2D eigenvalue weighted by molar-refractivity contribution is 0.243. The van der Waals surface area contributed by atoms with Crippen LogP contribution in [0.5, 0.6) is 0 Å². The lowest BCUT2D eigenvalue weighted by Crippen LogP contribution is -2.31. The Labute approximate surface area is 123 Å². The molecule has 0 aliphatic carbocycles. The van der Waals surface area contributed by atoms with Crippen LogP contribution in [0.4, 0.5) is 9.18 Å². The van der Waals surface area contributed by atoms with Crippen LogP contribution in [-0.2, 0) is 6.54 Å². The molecule has 21 heavy (non-hydrogen) atoms. The quantitative estimate of drug-likeness (QED) is 0.885. The predicted molar refractivity (Wildman–Crippen MR) is 82.0 cm³/mol. The molecule has 108 valence electrons. The van der Waals surface area contributed by atoms with E-state index >= 15 is 0 Å². The van der Waals surface area contributed by atoms with Crippen molar-refractivity contribution in [3.63, 3.8) is 0 Å². The third-order valence-electron chi connectivity index (χ3n) is 2.96. The van der Waals surface area contributed by atoms with Crippen LogP contribution >= 0.6 is 0 Å². The van der Waals surface area contributed by atoms with E-state index in [9.17, 15) is 9.18 Å². The molecule has 0 atom stereocenters. The molecule has 0 aromatic heterocycles. The van der Waals surface area contributed by atoms with E-state index in [1.165, 1.54) is 11.6 Å². The van der Waals surface area contributed by atoms with E-state index < -0.39 is 0 Å². The van der Waals surface area contributed by atoms with Gasteiger partial charge in [-0.05, 0) is 24.6 Å². The average Bonchev–Trinajstić information content (AvgIpc) is 2.48. The molecule has 0 radical (unpaired) electrons. The Kier molecular flexibility index (Phi) is 5.10. The molecule has 0 saturated heterocycles. The molecule has 0 aliphatic rings. The van der Waals surface area contributed by atoms with Crippen LogP contribution < -0.4 is 10.6 Å². The molecular weight excluding hydrogens is 267 g/mol. The monoisotopic (exact) mass is 284 g/mol. The lowest BCUT2D eigenvalue weighted by atomic mass is 10.1. The first kappa shape index (κ1) is 14.8. The van der Waals surface area contributed by atoms with Gasteiger partial charge in [0.2, 0.25) is 0 Å². The largest absolute Gasteiger partial charge is 0.334 e. The molecule has 2 N–H and O–H groups in total. The molecule has 0 spiro atoms. The first-order valence-corrected chi connectivity index (χ1v) is 6.66. The van der Waals surface area contributed by atoms with Gasteiger partial charge in [-0.2, -0.15) is 0 Å². The number of rotatable bonds is 4. The normalized spacial score (nSPS) is 10.6. The fourth-order valence-corrected chi connectivity index (χ4v) is 1.76. The van der Waals surface area contributed by atoms with Gasteiger partial charge >= 0.3 is 6.03 Å². The molecule has 0 fully saturated rings. The van der Waals surface area contributed by atoms with Crippen LogP contribution in [0, 0.1) is 12.7 Å². The summed E-state index contributed by atoms with van der Waals surface area (Å²) >= 11 is 0. The Balaban J connectivity index is 1.80. The third-order valence-corrected chi connectivity index (χ3v) is 2.96. The topological polar surface area (TPSA) is 41.1 Å². The van der Waals surface area contributed by atoms with Gasteiger partial charge in [-0.25, -0.2) is 9.18 Å². The van der Waals surface area contributed by atoms with E-state index in [4.69, 9.17) is 0 Å². The second-order valence-corrected chi connectivity index (χ2v) is 4.66. The second kappa shape index (κ2) is 7.24. The van der Waals surface area contributed by atoms with Gasteiger partial charge in [-0.15, -0.1) is 0 Å². The van der Waals surface area contributed by atoms with Gasteiger partial charge in [-0.1, -0.05) is 48.0 Å². The zero-order chi connectivity index (χ0) is 15.1. The zero-order valence-corrected chi connectivity index (χ0v) is 11.8. The maximum absolute atomic E-state index is 13.4. The fraction of sp³-hybridized carbons (Fsp3) is 0.118. The maximum atomic E-state index is 13.4. The second-order valence-electron chi connectivity index (χ2n) is 4.66. The summed E-state index contributed by atoms with van der Waals surface area (Å²) in [5.74, 6) is -0.326. The minimum Gasteiger partial charge on any atom is -0.334 e. The molecule has 0 unspecified atom stereocenters. The molecular formula is C17H17FN2O. The Morgan fingerprint density at radius 3 is 2.57 bits per heavy atom. The van der Waals surface area contributed by atoms with Crippen molar-refractivity contribution in [3.8, 4) is 0 Å². The number of carbonyl (C=O) groups excluding carboxylic acids is 1. The molecule has 2 rings (SSSR count). The first-order chi connectivity index (χ1) is 10.1. The first-order valence-electron chi connectivity index (χ1n) is 6.66. The minimum absolute atomic E-state index is 0.150. The number of urea groups is 1. The fourth-order valence-electron chi connectivity index (χ4n) is 1.76. The van der Waals surface area contributed by atoms with Gasteiger partial charge in [0.25, 0.3) is 0 Å². The van der Waals surface area contributed by atoms with Crippen molar-refractivity contribution in [1.29, 1.82) is 0 Å². The van der Waals surface area contributed by atoms with Crippen LogP contribution in [0.1, 0.15) is 16.7 Å². The van der Waals surface area contributed by atoms with Gasteiger partial charge < -0.3 is 10.6 Å². The molecule has 3 nitrogen and oxygen atoms in total. The van der Waals surface area contributed by atoms with Crippen molar-refractivity contribution in [2.75, 3.05) is 0 Å². The van der Waals surface area contributed by atoms with Crippen molar-refractivity contribution in [3.05, 3.63) is 77.2 Å². The molecule has 0 heterocycles. The van der Waals surface area contributed by atoms with E-state index in [1.54, 1.807) is 30.5 Å². The number of amides is 2. The van der Waals surface area contributed by atoms with E-state index in [0.29, 0.717) is 5.56 Å². The van der Waals surface area contributed by atoms with Crippen LogP contribution in [0.25, 0.3) is 6.08 Å². The van der Waals surface area contributed by atoms with Crippen molar-refractivity contribution in [2.45, 2.75) is 13.5 Å². The Bertz CT molecular complexity index is 635. The summed E-state index contributed by atoms with van der Waals surface area (Å²) < 4.78 is 13.4. The molecule has 0 saturated carbocycles. The summed E-state index contributed by atoms with van der Waals surface area (Å²) in [5, 5.41) is 5.18. The van der Waals surface area contributed by atoms with Crippen LogP contribution in [0.2, 0.25) is 0 Å². The Morgan fingerprint density at radius 2 is 1.86 bits per heavy atom. The molecule has 2 amide bonds. The van der Waals surface area contributed by atoms with Gasteiger partial charge in [-0.3, -0.25) is 0 Å². The number of hydrogen-bond donors (Lipinski definition) is 2. The predicted octanol–water partition coefficient (Wildman–Crippen LogP) is 3.60. The number of carbonyl (C=O) groups is 1. The van der Waals surface area contributed by atoms with Crippen LogP contribution in [0.15, 0.2) is 54.7 Å². The average molecular weight is 284 g/mol. The van der Waals surface area contributed by atoms with E-state index in [2.05, 4.69) is 10.6 Å². The highest BCUT2D eigenvalue weighted by molar-refractivity contribution is 5.75. The number of nitrogens with one attached hydrogen (secondary N) is 2. The van der Waals surface area contributed by atoms with Crippen molar-refractivity contribution in [2.24, 2.45) is 0 Å². The highest BCUT2D eigenvalue weighted by Gasteiger charge is 2.02. The molecule has 4 heteroatoms. The highest BCUT2D eigenvalue weighted by atomic mass is 19.1. The Morgan fingerprint density at radius 1 is 1.14 bits per heavy atom. The van der Waals surface area contributed by atoms with Crippen LogP contribution in [0.3, 0.4) is 0 Å². The molecule has 2 aromatic rings. The summed E-state index contributed by atoms with van der Waals surface area (Å²) in [7, 11) is 0. The highest BCUT2D eigenvalue weighted by Crippen LogP contribution is 2.05. The number of halogens is 1.